The van der Waals surface area contributed by atoms with E-state index in [1.807, 2.05) is 0 Å². The number of esters is 1. The normalized spacial score (nSPS) is 50.9. The maximum atomic E-state index is 14.5. The number of rotatable bonds is 6. The van der Waals surface area contributed by atoms with Crippen LogP contribution in [-0.4, -0.2) is 127 Å². The zero-order valence-electron chi connectivity index (χ0n) is 33.8. The molecule has 14 nitrogen and oxygen atoms in total. The molecule has 4 saturated carbocycles. The third kappa shape index (κ3) is 6.10. The molecule has 0 bridgehead atoms. The van der Waals surface area contributed by atoms with E-state index < -0.39 is 96.9 Å². The highest BCUT2D eigenvalue weighted by molar-refractivity contribution is 5.79. The predicted octanol–water partition coefficient (Wildman–Crippen LogP) is 2.33. The standard InChI is InChI=1S/C42H64O14/c1-37(2)14-16-42(36(52)56-34-30(48)27(45)26(44)22(19-43)53-34)17-15-40(6)20(21(42)18-37)8-9-24-39(5)12-11-25(38(3,4)23(39)10-13-41(24,40)7)54-35-31(49)28(46)29(47)32(55-35)33(50)51/h8-9,21-23,25-32,34-35,43-49H,10-19H2,1-7H3,(H,50,51)/t21-,22+,23-,25-,26+,27-,28-,29-,30+,31+,32-,34-,35+,39-,40+,41+,42-/m0/s1. The van der Waals surface area contributed by atoms with Crippen molar-refractivity contribution in [3.8, 4) is 0 Å². The molecule has 0 radical (unpaired) electrons. The maximum Gasteiger partial charge on any atom is 0.335 e. The number of ether oxygens (including phenoxy) is 4. The Kier molecular flexibility index (Phi) is 10.6. The van der Waals surface area contributed by atoms with Crippen molar-refractivity contribution in [1.82, 2.24) is 0 Å². The molecular formula is C42H64O14. The first-order valence-electron chi connectivity index (χ1n) is 20.5. The van der Waals surface area contributed by atoms with Gasteiger partial charge in [0.05, 0.1) is 18.1 Å². The van der Waals surface area contributed by atoms with Gasteiger partial charge in [0.15, 0.2) is 12.4 Å². The van der Waals surface area contributed by atoms with Crippen LogP contribution in [0.2, 0.25) is 0 Å². The van der Waals surface area contributed by atoms with Crippen LogP contribution in [0.15, 0.2) is 23.3 Å². The van der Waals surface area contributed by atoms with E-state index in [-0.39, 0.29) is 33.5 Å². The summed E-state index contributed by atoms with van der Waals surface area (Å²) < 4.78 is 23.5. The van der Waals surface area contributed by atoms with Gasteiger partial charge in [-0.25, -0.2) is 4.79 Å². The van der Waals surface area contributed by atoms with E-state index in [1.165, 1.54) is 11.1 Å². The fourth-order valence-electron chi connectivity index (χ4n) is 12.8. The van der Waals surface area contributed by atoms with Gasteiger partial charge in [0.1, 0.15) is 42.7 Å². The Hall–Kier alpha value is -1.98. The lowest BCUT2D eigenvalue weighted by atomic mass is 9.36. The van der Waals surface area contributed by atoms with Gasteiger partial charge >= 0.3 is 11.9 Å². The average Bonchev–Trinajstić information content (AvgIpc) is 3.12. The van der Waals surface area contributed by atoms with E-state index in [0.717, 1.165) is 38.5 Å². The molecule has 6 fully saturated rings. The van der Waals surface area contributed by atoms with Crippen LogP contribution in [0.3, 0.4) is 0 Å². The average molecular weight is 793 g/mol. The highest BCUT2D eigenvalue weighted by atomic mass is 16.7. The number of hydrogen-bond donors (Lipinski definition) is 8. The summed E-state index contributed by atoms with van der Waals surface area (Å²) in [5, 5.41) is 82.4. The molecule has 0 unspecified atom stereocenters. The molecular weight excluding hydrogens is 728 g/mol. The Morgan fingerprint density at radius 1 is 0.732 bits per heavy atom. The Labute approximate surface area is 328 Å². The molecule has 17 atom stereocenters. The second-order valence-electron chi connectivity index (χ2n) is 20.3. The van der Waals surface area contributed by atoms with Gasteiger partial charge in [-0.2, -0.15) is 0 Å². The third-order valence-electron chi connectivity index (χ3n) is 16.6. The van der Waals surface area contributed by atoms with Crippen molar-refractivity contribution in [2.75, 3.05) is 6.61 Å². The quantitative estimate of drug-likeness (QED) is 0.143. The molecule has 5 aliphatic carbocycles. The molecule has 0 amide bonds. The number of allylic oxidation sites excluding steroid dienone is 4. The molecule has 0 aromatic carbocycles. The first kappa shape index (κ1) is 42.2. The van der Waals surface area contributed by atoms with Gasteiger partial charge in [-0.1, -0.05) is 71.8 Å². The number of aliphatic hydroxyl groups is 7. The van der Waals surface area contributed by atoms with Gasteiger partial charge in [-0.15, -0.1) is 0 Å². The molecule has 7 aliphatic rings. The Balaban J connectivity index is 1.18. The van der Waals surface area contributed by atoms with Crippen molar-refractivity contribution in [3.05, 3.63) is 23.3 Å². The molecule has 0 spiro atoms. The van der Waals surface area contributed by atoms with Crippen molar-refractivity contribution in [3.63, 3.8) is 0 Å². The van der Waals surface area contributed by atoms with Crippen LogP contribution < -0.4 is 0 Å². The van der Waals surface area contributed by atoms with Crippen molar-refractivity contribution in [1.29, 1.82) is 0 Å². The van der Waals surface area contributed by atoms with E-state index in [0.29, 0.717) is 19.3 Å². The van der Waals surface area contributed by atoms with Gasteiger partial charge in [0.25, 0.3) is 0 Å². The summed E-state index contributed by atoms with van der Waals surface area (Å²) in [6.07, 6.45) is -5.32. The summed E-state index contributed by atoms with van der Waals surface area (Å²) in [7, 11) is 0. The lowest BCUT2D eigenvalue weighted by Gasteiger charge is -2.68. The highest BCUT2D eigenvalue weighted by Gasteiger charge is 2.68. The number of carbonyl (C=O) groups excluding carboxylic acids is 1. The number of fused-ring (bicyclic) bond motifs is 7. The SMILES string of the molecule is CC1(C)CC[C@]2(C(=O)O[C@@H]3O[C@H](CO)[C@@H](O)[C@H](O)[C@H]3O)CC[C@]3(C)C(=CC=C4[C@@]5(C)CC[C@H](O[C@@H]6O[C@H](C(=O)O)[C@@H](O)[C@H](O)[C@H]6O)C(C)(C)[C@@H]5CC[C@]43C)[C@@H]2C1. The summed E-state index contributed by atoms with van der Waals surface area (Å²) in [6.45, 7) is 15.2. The van der Waals surface area contributed by atoms with E-state index in [9.17, 15) is 50.4 Å². The zero-order valence-corrected chi connectivity index (χ0v) is 33.8. The van der Waals surface area contributed by atoms with Gasteiger partial charge in [0, 0.05) is 0 Å². The second-order valence-corrected chi connectivity index (χ2v) is 20.3. The Morgan fingerprint density at radius 3 is 2.04 bits per heavy atom. The lowest BCUT2D eigenvalue weighted by molar-refractivity contribution is -0.320. The summed E-state index contributed by atoms with van der Waals surface area (Å²) in [5.41, 5.74) is 0.403. The zero-order chi connectivity index (χ0) is 41.1. The molecule has 0 aromatic rings. The molecule has 316 valence electrons. The van der Waals surface area contributed by atoms with Gasteiger partial charge < -0.3 is 59.8 Å². The van der Waals surface area contributed by atoms with Crippen molar-refractivity contribution in [2.45, 2.75) is 174 Å². The van der Waals surface area contributed by atoms with Crippen LogP contribution in [-0.2, 0) is 28.5 Å². The fraction of sp³-hybridized carbons (Fsp3) is 0.857. The van der Waals surface area contributed by atoms with Crippen LogP contribution in [0.1, 0.15) is 106 Å². The molecule has 14 heteroatoms. The Morgan fingerprint density at radius 2 is 1.38 bits per heavy atom. The smallest absolute Gasteiger partial charge is 0.335 e. The number of carbonyl (C=O) groups is 2. The van der Waals surface area contributed by atoms with E-state index in [1.54, 1.807) is 0 Å². The predicted molar refractivity (Wildman–Crippen MR) is 198 cm³/mol. The topological polar surface area (TPSA) is 233 Å². The third-order valence-corrected chi connectivity index (χ3v) is 16.6. The number of aliphatic carboxylic acids is 1. The second kappa shape index (κ2) is 14.1. The van der Waals surface area contributed by atoms with E-state index in [4.69, 9.17) is 18.9 Å². The van der Waals surface area contributed by atoms with Gasteiger partial charge in [0.2, 0.25) is 6.29 Å². The van der Waals surface area contributed by atoms with Gasteiger partial charge in [-0.3, -0.25) is 4.79 Å². The largest absolute Gasteiger partial charge is 0.479 e. The van der Waals surface area contributed by atoms with Crippen molar-refractivity contribution in [2.24, 2.45) is 44.3 Å². The molecule has 8 N–H and O–H groups in total. The monoisotopic (exact) mass is 792 g/mol. The van der Waals surface area contributed by atoms with Crippen molar-refractivity contribution < 1.29 is 69.4 Å². The number of aliphatic hydroxyl groups excluding tert-OH is 7. The van der Waals surface area contributed by atoms with Crippen molar-refractivity contribution >= 4 is 11.9 Å². The summed E-state index contributed by atoms with van der Waals surface area (Å²) in [5.74, 6) is -1.96. The first-order chi connectivity index (χ1) is 26.0. The minimum absolute atomic E-state index is 0.0537. The van der Waals surface area contributed by atoms with E-state index in [2.05, 4.69) is 60.6 Å². The lowest BCUT2D eigenvalue weighted by Crippen LogP contribution is -2.64. The summed E-state index contributed by atoms with van der Waals surface area (Å²) >= 11 is 0. The molecule has 2 saturated heterocycles. The molecule has 2 aliphatic heterocycles. The molecule has 7 rings (SSSR count). The van der Waals surface area contributed by atoms with Crippen LogP contribution >= 0.6 is 0 Å². The van der Waals surface area contributed by atoms with E-state index >= 15 is 0 Å². The molecule has 2 heterocycles. The van der Waals surface area contributed by atoms with Gasteiger partial charge in [-0.05, 0) is 96.7 Å². The van der Waals surface area contributed by atoms with Crippen LogP contribution in [0.25, 0.3) is 0 Å². The molecule has 56 heavy (non-hydrogen) atoms. The number of carboxylic acids is 1. The van der Waals surface area contributed by atoms with Crippen LogP contribution in [0, 0.1) is 44.3 Å². The fourth-order valence-corrected chi connectivity index (χ4v) is 12.8. The maximum absolute atomic E-state index is 14.5. The minimum atomic E-state index is -1.80. The number of carboxylic acid groups (broad SMARTS) is 1. The Bertz CT molecular complexity index is 1620. The summed E-state index contributed by atoms with van der Waals surface area (Å²) in [6, 6.07) is 0. The molecule has 0 aromatic heterocycles. The van der Waals surface area contributed by atoms with Crippen LogP contribution in [0.5, 0.6) is 0 Å². The summed E-state index contributed by atoms with van der Waals surface area (Å²) in [4.78, 5) is 26.3. The first-order valence-corrected chi connectivity index (χ1v) is 20.5. The van der Waals surface area contributed by atoms with Crippen LogP contribution in [0.4, 0.5) is 0 Å². The minimum Gasteiger partial charge on any atom is -0.479 e. The number of hydrogen-bond acceptors (Lipinski definition) is 13. The highest BCUT2D eigenvalue weighted by Crippen LogP contribution is 2.75.